The van der Waals surface area contributed by atoms with Crippen LogP contribution in [0.25, 0.3) is 0 Å². The quantitative estimate of drug-likeness (QED) is 0.488. The van der Waals surface area contributed by atoms with Gasteiger partial charge in [-0.2, -0.15) is 13.5 Å². The van der Waals surface area contributed by atoms with Crippen molar-refractivity contribution in [3.05, 3.63) is 42.0 Å². The maximum Gasteiger partial charge on any atom is 0.276 e. The summed E-state index contributed by atoms with van der Waals surface area (Å²) in [6.07, 6.45) is 1.30. The van der Waals surface area contributed by atoms with Crippen molar-refractivity contribution in [3.63, 3.8) is 0 Å². The van der Waals surface area contributed by atoms with E-state index in [1.165, 1.54) is 6.55 Å². The molecule has 4 nitrogen and oxygen atoms in total. The molecule has 0 saturated carbocycles. The smallest absolute Gasteiger partial charge is 0.200 e. The molecule has 0 saturated heterocycles. The molecular formula is C17H26N2O2S. The normalized spacial score (nSPS) is 14.7. The van der Waals surface area contributed by atoms with E-state index in [9.17, 15) is 8.42 Å². The lowest BCUT2D eigenvalue weighted by Gasteiger charge is -2.21. The summed E-state index contributed by atoms with van der Waals surface area (Å²) >= 11 is 0. The van der Waals surface area contributed by atoms with E-state index in [2.05, 4.69) is 30.7 Å². The van der Waals surface area contributed by atoms with E-state index in [1.807, 2.05) is 6.92 Å². The van der Waals surface area contributed by atoms with Gasteiger partial charge in [0.2, 0.25) is 0 Å². The van der Waals surface area contributed by atoms with Crippen LogP contribution >= 0.6 is 0 Å². The first-order valence-corrected chi connectivity index (χ1v) is 8.74. The molecular weight excluding hydrogens is 296 g/mol. The van der Waals surface area contributed by atoms with Crippen LogP contribution in [0.15, 0.2) is 46.4 Å². The van der Waals surface area contributed by atoms with Crippen molar-refractivity contribution < 1.29 is 9.79 Å². The Bertz CT molecular complexity index is 684. The second-order valence-corrected chi connectivity index (χ2v) is 8.19. The first-order chi connectivity index (χ1) is 10.6. The second-order valence-electron chi connectivity index (χ2n) is 6.53. The average molecular weight is 323 g/mol. The number of sulfonamides is 1. The minimum atomic E-state index is -3.63. The van der Waals surface area contributed by atoms with Crippen LogP contribution < -0.4 is 4.83 Å². The fourth-order valence-electron chi connectivity index (χ4n) is 1.65. The van der Waals surface area contributed by atoms with Crippen molar-refractivity contribution in [2.24, 2.45) is 10.5 Å². The number of hydrogen-bond acceptors (Lipinski definition) is 3. The topological polar surface area (TPSA) is 58.5 Å². The fourth-order valence-corrected chi connectivity index (χ4v) is 2.53. The summed E-state index contributed by atoms with van der Waals surface area (Å²) in [5.41, 5.74) is 2.63. The molecule has 0 amide bonds. The first kappa shape index (κ1) is 16.7. The molecule has 0 aliphatic carbocycles. The Morgan fingerprint density at radius 1 is 1.27 bits per heavy atom. The number of rotatable bonds is 6. The maximum atomic E-state index is 12.1. The number of aryl methyl sites for hydroxylation is 1. The minimum Gasteiger partial charge on any atom is -0.200 e. The molecule has 0 aliphatic rings. The highest BCUT2D eigenvalue weighted by atomic mass is 32.2. The Kier molecular flexibility index (Phi) is 5.40. The van der Waals surface area contributed by atoms with E-state index in [4.69, 9.17) is 1.37 Å². The van der Waals surface area contributed by atoms with Crippen molar-refractivity contribution in [2.75, 3.05) is 0 Å². The number of hydrazone groups is 1. The van der Waals surface area contributed by atoms with E-state index in [-0.39, 0.29) is 10.3 Å². The highest BCUT2D eigenvalue weighted by molar-refractivity contribution is 7.89. The lowest BCUT2D eigenvalue weighted by Crippen LogP contribution is -2.20. The summed E-state index contributed by atoms with van der Waals surface area (Å²) in [5, 5.41) is 3.97. The molecule has 22 heavy (non-hydrogen) atoms. The Labute approximate surface area is 135 Å². The third kappa shape index (κ3) is 5.64. The van der Waals surface area contributed by atoms with Crippen molar-refractivity contribution >= 4 is 15.7 Å². The number of hydrogen-bond donors (Lipinski definition) is 1. The summed E-state index contributed by atoms with van der Waals surface area (Å²) in [6.45, 7) is 11.2. The van der Waals surface area contributed by atoms with Crippen LogP contribution in [-0.2, 0) is 10.0 Å². The molecule has 0 aromatic heterocycles. The van der Waals surface area contributed by atoms with Gasteiger partial charge in [-0.25, -0.2) is 4.83 Å². The largest absolute Gasteiger partial charge is 0.276 e. The number of nitrogens with one attached hydrogen (secondary N) is 1. The maximum absolute atomic E-state index is 12.1. The van der Waals surface area contributed by atoms with Gasteiger partial charge in [0.1, 0.15) is 0 Å². The van der Waals surface area contributed by atoms with E-state index < -0.39 is 10.0 Å². The van der Waals surface area contributed by atoms with E-state index in [0.717, 1.165) is 11.1 Å². The van der Waals surface area contributed by atoms with Gasteiger partial charge in [0.25, 0.3) is 10.0 Å². The van der Waals surface area contributed by atoms with Crippen LogP contribution in [0.5, 0.6) is 0 Å². The fraction of sp³-hybridized carbons (Fsp3) is 0.471. The molecule has 0 heterocycles. The highest BCUT2D eigenvalue weighted by Gasteiger charge is 2.15. The molecule has 5 heteroatoms. The molecule has 0 spiro atoms. The number of nitrogens with zero attached hydrogens (tertiary/aromatic N) is 1. The second kappa shape index (κ2) is 7.09. The lowest BCUT2D eigenvalue weighted by atomic mass is 9.84. The number of benzene rings is 1. The molecule has 1 rings (SSSR count). The van der Waals surface area contributed by atoms with Crippen molar-refractivity contribution in [1.29, 1.82) is 0 Å². The van der Waals surface area contributed by atoms with Gasteiger partial charge in [-0.05, 0) is 44.2 Å². The van der Waals surface area contributed by atoms with Crippen LogP contribution in [0.1, 0.15) is 47.5 Å². The molecule has 122 valence electrons. The molecule has 1 aromatic rings. The number of allylic oxidation sites excluding steroid dienone is 1. The van der Waals surface area contributed by atoms with Gasteiger partial charge in [-0.1, -0.05) is 50.6 Å². The van der Waals surface area contributed by atoms with Crippen molar-refractivity contribution in [1.82, 2.24) is 4.83 Å². The Morgan fingerprint density at radius 3 is 2.36 bits per heavy atom. The van der Waals surface area contributed by atoms with Crippen LogP contribution in [0.3, 0.4) is 0 Å². The van der Waals surface area contributed by atoms with Crippen LogP contribution in [0, 0.1) is 12.3 Å². The molecule has 0 fully saturated rings. The summed E-state index contributed by atoms with van der Waals surface area (Å²) in [4.78, 5) is 2.46. The van der Waals surface area contributed by atoms with Crippen LogP contribution in [-0.4, -0.2) is 14.1 Å². The molecule has 0 radical (unpaired) electrons. The van der Waals surface area contributed by atoms with Crippen LogP contribution in [0.4, 0.5) is 0 Å². The molecule has 1 aromatic carbocycles. The lowest BCUT2D eigenvalue weighted by molar-refractivity contribution is 0.487. The van der Waals surface area contributed by atoms with Crippen molar-refractivity contribution in [2.45, 2.75) is 52.4 Å². The zero-order chi connectivity index (χ0) is 17.7. The van der Waals surface area contributed by atoms with Gasteiger partial charge < -0.3 is 0 Å². The van der Waals surface area contributed by atoms with Gasteiger partial charge in [-0.3, -0.25) is 0 Å². The van der Waals surface area contributed by atoms with Crippen molar-refractivity contribution in [3.8, 4) is 0 Å². The van der Waals surface area contributed by atoms with E-state index in [0.29, 0.717) is 18.6 Å². The molecule has 0 unspecified atom stereocenters. The molecule has 0 atom stereocenters. The van der Waals surface area contributed by atoms with E-state index in [1.54, 1.807) is 31.2 Å². The van der Waals surface area contributed by atoms with Gasteiger partial charge >= 0.3 is 0 Å². The van der Waals surface area contributed by atoms with Gasteiger partial charge in [-0.15, -0.1) is 0 Å². The molecule has 0 bridgehead atoms. The molecule has 1 N–H and O–H groups in total. The summed E-state index contributed by atoms with van der Waals surface area (Å²) in [6, 6.07) is 6.62. The average Bonchev–Trinajstić information content (AvgIpc) is 2.45. The predicted octanol–water partition coefficient (Wildman–Crippen LogP) is 4.03. The summed E-state index contributed by atoms with van der Waals surface area (Å²) in [7, 11) is -3.63. The highest BCUT2D eigenvalue weighted by Crippen LogP contribution is 2.27. The summed E-state index contributed by atoms with van der Waals surface area (Å²) < 4.78 is 31.8. The monoisotopic (exact) mass is 323 g/mol. The first-order valence-electron chi connectivity index (χ1n) is 7.83. The van der Waals surface area contributed by atoms with E-state index >= 15 is 0 Å². The Morgan fingerprint density at radius 2 is 1.86 bits per heavy atom. The Balaban J connectivity index is 2.71. The zero-order valence-corrected chi connectivity index (χ0v) is 14.8. The van der Waals surface area contributed by atoms with Gasteiger partial charge in [0.05, 0.1) is 6.27 Å². The zero-order valence-electron chi connectivity index (χ0n) is 15.0. The summed E-state index contributed by atoms with van der Waals surface area (Å²) in [5.74, 6) is 0. The van der Waals surface area contributed by atoms with Crippen LogP contribution in [0.2, 0.25) is 0 Å². The third-order valence-electron chi connectivity index (χ3n) is 3.41. The van der Waals surface area contributed by atoms with Gasteiger partial charge in [0, 0.05) is 5.71 Å². The third-order valence-corrected chi connectivity index (χ3v) is 4.63. The van der Waals surface area contributed by atoms with Gasteiger partial charge in [0.15, 0.2) is 0 Å². The SMILES string of the molecule is [2H]C=C(CC/C(C)=N\NS(=O)(=O)c1ccc(C)cc1)C(C)(C)C. The Hall–Kier alpha value is -1.62. The molecule has 0 aliphatic heterocycles. The predicted molar refractivity (Wildman–Crippen MR) is 92.4 cm³/mol. The standard InChI is InChI=1S/C17H26N2O2S/c1-13-7-11-16(12-8-13)22(20,21)19-18-15(3)10-9-14(2)17(4,5)6/h7-8,11-12,19H,2,9-10H2,1,3-6H3/b18-15-/i2D/b14-2?,18-15-. The minimum absolute atomic E-state index is 0.0660.